The molecular weight excluding hydrogens is 1200 g/mol. The van der Waals surface area contributed by atoms with Crippen LogP contribution in [0.2, 0.25) is 0 Å². The van der Waals surface area contributed by atoms with E-state index in [-0.39, 0.29) is 46.9 Å². The van der Waals surface area contributed by atoms with Gasteiger partial charge in [0, 0.05) is 80.0 Å². The Balaban J connectivity index is 0.000000144. The lowest BCUT2D eigenvalue weighted by molar-refractivity contribution is -0.0373. The van der Waals surface area contributed by atoms with E-state index in [1.165, 1.54) is 4.90 Å². The minimum absolute atomic E-state index is 0.0933. The van der Waals surface area contributed by atoms with Crippen LogP contribution in [0.15, 0.2) is 47.4 Å². The zero-order valence-electron chi connectivity index (χ0n) is 39.9. The fourth-order valence-corrected chi connectivity index (χ4v) is 15.9. The number of fused-ring (bicyclic) bond motifs is 5. The number of carbonyl (C=O) groups excluding carboxylic acids is 2. The van der Waals surface area contributed by atoms with Gasteiger partial charge in [-0.15, -0.1) is 22.7 Å². The second-order valence-corrected chi connectivity index (χ2v) is 24.0. The van der Waals surface area contributed by atoms with Crippen LogP contribution in [0, 0.1) is 44.9 Å². The molecule has 7 aromatic rings. The first-order valence-electron chi connectivity index (χ1n) is 24.7. The third-order valence-electron chi connectivity index (χ3n) is 16.1. The van der Waals surface area contributed by atoms with Crippen molar-refractivity contribution in [3.8, 4) is 0 Å². The normalized spacial score (nSPS) is 28.1. The third-order valence-corrected chi connectivity index (χ3v) is 19.9. The van der Waals surface area contributed by atoms with Crippen LogP contribution in [0.5, 0.6) is 0 Å². The fourth-order valence-electron chi connectivity index (χ4n) is 12.4. The molecule has 8 atom stereocenters. The van der Waals surface area contributed by atoms with Crippen LogP contribution in [0.3, 0.4) is 0 Å². The summed E-state index contributed by atoms with van der Waals surface area (Å²) in [4.78, 5) is 72.8. The number of thiazole rings is 2. The van der Waals surface area contributed by atoms with Crippen molar-refractivity contribution in [2.75, 3.05) is 62.3 Å². The van der Waals surface area contributed by atoms with Crippen molar-refractivity contribution in [3.05, 3.63) is 87.4 Å². The minimum atomic E-state index is -0.992. The highest BCUT2D eigenvalue weighted by Gasteiger charge is 2.72. The molecule has 0 bridgehead atoms. The molecule has 14 rings (SSSR count). The number of ether oxygens (including phenoxy) is 2. The maximum Gasteiger partial charge on any atom is 0.404 e. The molecule has 4 saturated heterocycles. The Hall–Kier alpha value is -5.03. The molecule has 2 unspecified atom stereocenters. The quantitative estimate of drug-likeness (QED) is 0.101. The summed E-state index contributed by atoms with van der Waals surface area (Å²) in [5.41, 5.74) is 5.47. The second-order valence-electron chi connectivity index (χ2n) is 20.2. The first kappa shape index (κ1) is 47.7. The number of anilines is 2. The van der Waals surface area contributed by atoms with Crippen LogP contribution >= 0.6 is 67.9 Å². The fraction of sp³-hybridized carbons (Fsp3) is 0.490. The van der Waals surface area contributed by atoms with Crippen LogP contribution < -0.4 is 15.1 Å². The summed E-state index contributed by atoms with van der Waals surface area (Å²) in [5.74, 6) is 2.41. The number of hydrogen-bond donors (Lipinski definition) is 2. The van der Waals surface area contributed by atoms with Gasteiger partial charge >= 0.3 is 6.09 Å². The molecular formula is C49H50I2N14O6S2. The molecule has 0 radical (unpaired) electrons. The van der Waals surface area contributed by atoms with Gasteiger partial charge in [0.2, 0.25) is 0 Å². The molecule has 2 aliphatic carbocycles. The molecule has 24 heteroatoms. The number of nitrogens with one attached hydrogen (secondary N) is 1. The van der Waals surface area contributed by atoms with E-state index in [4.69, 9.17) is 39.5 Å². The number of rotatable bonds is 10. The summed E-state index contributed by atoms with van der Waals surface area (Å²) in [7, 11) is 0. The summed E-state index contributed by atoms with van der Waals surface area (Å²) in [6, 6.07) is 7.10. The summed E-state index contributed by atoms with van der Waals surface area (Å²) in [5, 5.41) is 27.4. The van der Waals surface area contributed by atoms with E-state index in [1.54, 1.807) is 34.8 Å². The number of aromatic nitrogens is 10. The Kier molecular flexibility index (Phi) is 12.0. The lowest BCUT2D eigenvalue weighted by Gasteiger charge is -2.29. The minimum Gasteiger partial charge on any atom is -0.465 e. The summed E-state index contributed by atoms with van der Waals surface area (Å²) in [6.45, 7) is 9.32. The number of nitrogens with zero attached hydrogens (tertiary/aromatic N) is 13. The summed E-state index contributed by atoms with van der Waals surface area (Å²) < 4.78 is 17.4. The summed E-state index contributed by atoms with van der Waals surface area (Å²) >= 11 is 7.69. The average molecular weight is 1250 g/mol. The molecule has 6 fully saturated rings. The molecule has 6 aromatic heterocycles. The molecule has 7 aliphatic rings. The molecule has 73 heavy (non-hydrogen) atoms. The number of carbonyl (C=O) groups is 3. The Morgan fingerprint density at radius 3 is 1.60 bits per heavy atom. The highest BCUT2D eigenvalue weighted by atomic mass is 127. The zero-order chi connectivity index (χ0) is 49.9. The van der Waals surface area contributed by atoms with Crippen LogP contribution in [-0.4, -0.2) is 130 Å². The van der Waals surface area contributed by atoms with Gasteiger partial charge in [0.05, 0.1) is 28.9 Å². The molecule has 0 spiro atoms. The highest BCUT2D eigenvalue weighted by Crippen LogP contribution is 2.66. The number of aryl methyl sites for hydroxylation is 2. The smallest absolute Gasteiger partial charge is 0.404 e. The second kappa shape index (κ2) is 18.4. The monoisotopic (exact) mass is 1250 g/mol. The number of halogens is 2. The van der Waals surface area contributed by atoms with Crippen molar-refractivity contribution in [2.24, 2.45) is 23.7 Å². The Morgan fingerprint density at radius 2 is 1.18 bits per heavy atom. The predicted octanol–water partition coefficient (Wildman–Crippen LogP) is 7.36. The number of imide groups is 1. The topological polar surface area (TPSA) is 225 Å². The van der Waals surface area contributed by atoms with E-state index in [9.17, 15) is 19.5 Å². The standard InChI is InChI=1S/C28H26IN7O3S.C21H24IN7O3S/c1-15-13-40-27(31-15)28(14-35-25(37)16-6-2-3-7-17(16)26(35)38)18-11-34(12-19(18)28)20-10-30-22-23(29)33-36(24(22)32-20)21-8-4-5-9-39-21;1-11-9-33-19(25-11)21(10-24-20(30)31)12-7-28(8-13(12)21)14-6-23-16-17(22)27-29(18(16)26-14)15-4-2-3-5-32-15/h2-3,6-7,10,13,18-19,21H,4-5,8-9,11-12,14H2,1H3;6,9,12-13,15,24H,2-5,7-8,10H2,1H3,(H,30,31)/t18-,19+,21?,28-;12-,13+,15?,21-. The number of carboxylic acid groups (broad SMARTS) is 1. The van der Waals surface area contributed by atoms with Crippen molar-refractivity contribution in [1.29, 1.82) is 0 Å². The van der Waals surface area contributed by atoms with E-state index >= 15 is 0 Å². The lowest BCUT2D eigenvalue weighted by atomic mass is 9.99. The molecule has 2 saturated carbocycles. The van der Waals surface area contributed by atoms with Gasteiger partial charge < -0.3 is 29.7 Å². The number of amides is 3. The number of benzene rings is 1. The maximum atomic E-state index is 13.3. The third kappa shape index (κ3) is 7.92. The van der Waals surface area contributed by atoms with E-state index in [1.807, 2.05) is 53.1 Å². The molecule has 5 aliphatic heterocycles. The Labute approximate surface area is 454 Å². The van der Waals surface area contributed by atoms with Gasteiger partial charge in [-0.25, -0.2) is 44.1 Å². The van der Waals surface area contributed by atoms with Crippen molar-refractivity contribution in [3.63, 3.8) is 0 Å². The average Bonchev–Trinajstić information content (AvgIpc) is 4.11. The Morgan fingerprint density at radius 1 is 0.712 bits per heavy atom. The van der Waals surface area contributed by atoms with Crippen LogP contribution in [0.1, 0.15) is 93.1 Å². The Bertz CT molecular complexity index is 3290. The summed E-state index contributed by atoms with van der Waals surface area (Å²) in [6.07, 6.45) is 8.69. The maximum absolute atomic E-state index is 13.3. The van der Waals surface area contributed by atoms with Crippen LogP contribution in [0.4, 0.5) is 16.4 Å². The van der Waals surface area contributed by atoms with Crippen molar-refractivity contribution in [1.82, 2.24) is 59.7 Å². The van der Waals surface area contributed by atoms with Gasteiger partial charge in [-0.2, -0.15) is 10.2 Å². The van der Waals surface area contributed by atoms with Crippen molar-refractivity contribution < 1.29 is 29.0 Å². The predicted molar refractivity (Wildman–Crippen MR) is 287 cm³/mol. The number of hydrogen-bond acceptors (Lipinski definition) is 17. The number of piperidine rings is 2. The molecule has 11 heterocycles. The zero-order valence-corrected chi connectivity index (χ0v) is 45.8. The SMILES string of the molecule is Cc1csc([C@]2(CN3C(=O)c4ccccc4C3=O)[C@@H]3CN(c4cnc5c(I)nn(C6CCCCO6)c5n4)C[C@@H]32)n1.Cc1csc([C@]2(CNC(=O)O)[C@@H]3CN(c4cnc5c(I)nn(C6CCCCO6)c5n4)C[C@@H]32)n1. The van der Waals surface area contributed by atoms with E-state index in [0.717, 1.165) is 141 Å². The van der Waals surface area contributed by atoms with E-state index < -0.39 is 6.09 Å². The molecule has 3 amide bonds. The van der Waals surface area contributed by atoms with Crippen molar-refractivity contribution >= 4 is 120 Å². The van der Waals surface area contributed by atoms with Crippen LogP contribution in [0.25, 0.3) is 22.3 Å². The molecule has 1 aromatic carbocycles. The first-order chi connectivity index (χ1) is 35.4. The van der Waals surface area contributed by atoms with Crippen LogP contribution in [-0.2, 0) is 20.3 Å². The molecule has 20 nitrogen and oxygen atoms in total. The van der Waals surface area contributed by atoms with Gasteiger partial charge in [-0.05, 0) is 133 Å². The van der Waals surface area contributed by atoms with Gasteiger partial charge in [-0.1, -0.05) is 12.1 Å². The van der Waals surface area contributed by atoms with Gasteiger partial charge in [-0.3, -0.25) is 14.5 Å². The van der Waals surface area contributed by atoms with Gasteiger partial charge in [0.25, 0.3) is 11.8 Å². The highest BCUT2D eigenvalue weighted by molar-refractivity contribution is 14.1. The largest absolute Gasteiger partial charge is 0.465 e. The lowest BCUT2D eigenvalue weighted by Crippen LogP contribution is -2.42. The van der Waals surface area contributed by atoms with Gasteiger partial charge in [0.15, 0.2) is 31.2 Å². The molecule has 378 valence electrons. The van der Waals surface area contributed by atoms with Gasteiger partial charge in [0.1, 0.15) is 32.7 Å². The first-order valence-corrected chi connectivity index (χ1v) is 28.7. The van der Waals surface area contributed by atoms with E-state index in [0.29, 0.717) is 36.1 Å². The van der Waals surface area contributed by atoms with Crippen molar-refractivity contribution in [2.45, 2.75) is 75.7 Å². The molecule has 2 N–H and O–H groups in total. The van der Waals surface area contributed by atoms with E-state index in [2.05, 4.69) is 75.8 Å².